The number of rotatable bonds is 7. The van der Waals surface area contributed by atoms with Gasteiger partial charge in [-0.1, -0.05) is 36.0 Å². The minimum absolute atomic E-state index is 0.0848. The first-order valence-electron chi connectivity index (χ1n) is 11.0. The lowest BCUT2D eigenvalue weighted by Crippen LogP contribution is -2.02. The number of methoxy groups -OCH3 is 1. The van der Waals surface area contributed by atoms with Crippen LogP contribution in [0, 0.1) is 5.82 Å². The molecule has 4 aromatic carbocycles. The number of ether oxygens (including phenoxy) is 2. The third-order valence-corrected chi connectivity index (χ3v) is 6.73. The number of carbonyl (C=O) groups is 1. The summed E-state index contributed by atoms with van der Waals surface area (Å²) in [6.07, 6.45) is 3.35. The van der Waals surface area contributed by atoms with Gasteiger partial charge in [0.15, 0.2) is 5.78 Å². The largest absolute Gasteiger partial charge is 0.496 e. The number of anilines is 2. The van der Waals surface area contributed by atoms with E-state index in [1.54, 1.807) is 43.2 Å². The van der Waals surface area contributed by atoms with Gasteiger partial charge in [0.2, 0.25) is 0 Å². The van der Waals surface area contributed by atoms with Crippen molar-refractivity contribution >= 4 is 35.0 Å². The topological polar surface area (TPSA) is 47.6 Å². The Morgan fingerprint density at radius 1 is 0.943 bits per heavy atom. The Morgan fingerprint density at radius 2 is 1.74 bits per heavy atom. The van der Waals surface area contributed by atoms with E-state index in [0.717, 1.165) is 32.3 Å². The van der Waals surface area contributed by atoms with E-state index in [9.17, 15) is 9.18 Å². The number of fused-ring (bicyclic) bond motifs is 2. The Labute approximate surface area is 207 Å². The molecular formula is C29H22FNO3S. The monoisotopic (exact) mass is 483 g/mol. The number of hydrogen-bond acceptors (Lipinski definition) is 5. The first-order valence-corrected chi connectivity index (χ1v) is 11.9. The summed E-state index contributed by atoms with van der Waals surface area (Å²) in [4.78, 5) is 15.1. The van der Waals surface area contributed by atoms with Gasteiger partial charge in [-0.15, -0.1) is 0 Å². The van der Waals surface area contributed by atoms with Crippen LogP contribution in [0.3, 0.4) is 0 Å². The van der Waals surface area contributed by atoms with E-state index in [0.29, 0.717) is 17.1 Å². The van der Waals surface area contributed by atoms with E-state index in [2.05, 4.69) is 11.4 Å². The SMILES string of the molecule is COc1ccc(/C=C/C(=O)c2ccc3c(c2)Nc2ccccc2S3)cc1COc1ccc(F)cc1. The Bertz CT molecular complexity index is 1420. The highest BCUT2D eigenvalue weighted by molar-refractivity contribution is 7.99. The first kappa shape index (κ1) is 22.7. The van der Waals surface area contributed by atoms with Crippen LogP contribution in [0.1, 0.15) is 21.5 Å². The van der Waals surface area contributed by atoms with Gasteiger partial charge >= 0.3 is 0 Å². The van der Waals surface area contributed by atoms with Crippen molar-refractivity contribution in [3.8, 4) is 11.5 Å². The molecule has 5 rings (SSSR count). The number of para-hydroxylation sites is 1. The maximum absolute atomic E-state index is 13.1. The molecule has 4 nitrogen and oxygen atoms in total. The minimum atomic E-state index is -0.315. The van der Waals surface area contributed by atoms with E-state index in [1.165, 1.54) is 12.1 Å². The molecule has 35 heavy (non-hydrogen) atoms. The summed E-state index contributed by atoms with van der Waals surface area (Å²) in [5.74, 6) is 0.837. The lowest BCUT2D eigenvalue weighted by Gasteiger charge is -2.20. The third-order valence-electron chi connectivity index (χ3n) is 5.58. The zero-order chi connectivity index (χ0) is 24.2. The van der Waals surface area contributed by atoms with Crippen LogP contribution in [0.5, 0.6) is 11.5 Å². The highest BCUT2D eigenvalue weighted by atomic mass is 32.2. The van der Waals surface area contributed by atoms with Gasteiger partial charge in [-0.25, -0.2) is 4.39 Å². The fraction of sp³-hybridized carbons (Fsp3) is 0.0690. The van der Waals surface area contributed by atoms with Crippen molar-refractivity contribution < 1.29 is 18.7 Å². The van der Waals surface area contributed by atoms with Gasteiger partial charge in [0.1, 0.15) is 23.9 Å². The summed E-state index contributed by atoms with van der Waals surface area (Å²) in [5, 5.41) is 3.41. The minimum Gasteiger partial charge on any atom is -0.496 e. The third kappa shape index (κ3) is 5.23. The molecule has 0 aromatic heterocycles. The Kier molecular flexibility index (Phi) is 6.55. The second-order valence-electron chi connectivity index (χ2n) is 7.95. The molecule has 0 radical (unpaired) electrons. The van der Waals surface area contributed by atoms with Crippen LogP contribution in [0.15, 0.2) is 101 Å². The van der Waals surface area contributed by atoms with Crippen LogP contribution < -0.4 is 14.8 Å². The van der Waals surface area contributed by atoms with E-state index in [1.807, 2.05) is 54.6 Å². The normalized spacial score (nSPS) is 11.9. The molecule has 0 atom stereocenters. The van der Waals surface area contributed by atoms with E-state index < -0.39 is 0 Å². The number of halogens is 1. The predicted octanol–water partition coefficient (Wildman–Crippen LogP) is 7.52. The second kappa shape index (κ2) is 10.1. The first-order chi connectivity index (χ1) is 17.1. The molecule has 0 saturated carbocycles. The van der Waals surface area contributed by atoms with Gasteiger partial charge in [-0.3, -0.25) is 4.79 Å². The van der Waals surface area contributed by atoms with Crippen LogP contribution in [0.2, 0.25) is 0 Å². The molecule has 1 aliphatic heterocycles. The molecule has 0 amide bonds. The Balaban J connectivity index is 1.30. The molecule has 0 fully saturated rings. The molecular weight excluding hydrogens is 461 g/mol. The second-order valence-corrected chi connectivity index (χ2v) is 9.03. The number of benzene rings is 4. The summed E-state index contributed by atoms with van der Waals surface area (Å²) >= 11 is 1.69. The predicted molar refractivity (Wildman–Crippen MR) is 137 cm³/mol. The molecule has 0 aliphatic carbocycles. The molecule has 0 spiro atoms. The maximum Gasteiger partial charge on any atom is 0.185 e. The van der Waals surface area contributed by atoms with Gasteiger partial charge in [0.25, 0.3) is 0 Å². The van der Waals surface area contributed by atoms with Crippen molar-refractivity contribution in [1.82, 2.24) is 0 Å². The average Bonchev–Trinajstić information content (AvgIpc) is 2.90. The number of hydrogen-bond donors (Lipinski definition) is 1. The van der Waals surface area contributed by atoms with Gasteiger partial charge in [0.05, 0.1) is 18.5 Å². The van der Waals surface area contributed by atoms with Crippen LogP contribution >= 0.6 is 11.8 Å². The molecule has 4 aromatic rings. The molecule has 0 saturated heterocycles. The lowest BCUT2D eigenvalue weighted by atomic mass is 10.1. The number of ketones is 1. The van der Waals surface area contributed by atoms with Crippen molar-refractivity contribution in [2.75, 3.05) is 12.4 Å². The summed E-state index contributed by atoms with van der Waals surface area (Å²) < 4.78 is 24.3. The Morgan fingerprint density at radius 3 is 2.57 bits per heavy atom. The maximum atomic E-state index is 13.1. The molecule has 174 valence electrons. The summed E-state index contributed by atoms with van der Waals surface area (Å²) in [7, 11) is 1.59. The van der Waals surface area contributed by atoms with Gasteiger partial charge < -0.3 is 14.8 Å². The zero-order valence-electron chi connectivity index (χ0n) is 19.0. The van der Waals surface area contributed by atoms with Crippen molar-refractivity contribution in [2.45, 2.75) is 16.4 Å². The van der Waals surface area contributed by atoms with E-state index >= 15 is 0 Å². The smallest absolute Gasteiger partial charge is 0.185 e. The summed E-state index contributed by atoms with van der Waals surface area (Å²) in [6.45, 7) is 0.250. The lowest BCUT2D eigenvalue weighted by molar-refractivity contribution is 0.104. The quantitative estimate of drug-likeness (QED) is 0.192. The Hall–Kier alpha value is -4.03. The molecule has 1 aliphatic rings. The van der Waals surface area contributed by atoms with Crippen molar-refractivity contribution in [3.63, 3.8) is 0 Å². The summed E-state index contributed by atoms with van der Waals surface area (Å²) in [6, 6.07) is 25.3. The highest BCUT2D eigenvalue weighted by Gasteiger charge is 2.16. The van der Waals surface area contributed by atoms with Gasteiger partial charge in [0, 0.05) is 20.9 Å². The number of nitrogens with one attached hydrogen (secondary N) is 1. The average molecular weight is 484 g/mol. The fourth-order valence-electron chi connectivity index (χ4n) is 3.77. The molecule has 1 N–H and O–H groups in total. The standard InChI is InChI=1S/C29H22FNO3S/c1-33-27-14-7-19(16-21(27)18-34-23-11-9-22(30)10-12-23)6-13-26(32)20-8-15-29-25(17-20)31-24-4-2-3-5-28(24)35-29/h2-17,31H,18H2,1H3/b13-6+. The molecule has 0 unspecified atom stereocenters. The highest BCUT2D eigenvalue weighted by Crippen LogP contribution is 2.44. The van der Waals surface area contributed by atoms with Crippen LogP contribution in [0.25, 0.3) is 6.08 Å². The van der Waals surface area contributed by atoms with Crippen molar-refractivity contribution in [3.05, 3.63) is 114 Å². The molecule has 0 bridgehead atoms. The van der Waals surface area contributed by atoms with Gasteiger partial charge in [-0.2, -0.15) is 0 Å². The molecule has 1 heterocycles. The number of allylic oxidation sites excluding steroid dienone is 1. The van der Waals surface area contributed by atoms with Crippen LogP contribution in [-0.2, 0) is 6.61 Å². The van der Waals surface area contributed by atoms with Crippen molar-refractivity contribution in [1.29, 1.82) is 0 Å². The van der Waals surface area contributed by atoms with Gasteiger partial charge in [-0.05, 0) is 78.4 Å². The fourth-order valence-corrected chi connectivity index (χ4v) is 4.74. The zero-order valence-corrected chi connectivity index (χ0v) is 19.8. The van der Waals surface area contributed by atoms with Crippen LogP contribution in [0.4, 0.5) is 15.8 Å². The van der Waals surface area contributed by atoms with Crippen LogP contribution in [-0.4, -0.2) is 12.9 Å². The van der Waals surface area contributed by atoms with E-state index in [-0.39, 0.29) is 18.2 Å². The van der Waals surface area contributed by atoms with Crippen molar-refractivity contribution in [2.24, 2.45) is 0 Å². The molecule has 6 heteroatoms. The summed E-state index contributed by atoms with van der Waals surface area (Å²) in [5.41, 5.74) is 4.25. The van der Waals surface area contributed by atoms with E-state index in [4.69, 9.17) is 9.47 Å². The number of carbonyl (C=O) groups excluding carboxylic acids is 1.